The van der Waals surface area contributed by atoms with Crippen molar-refractivity contribution >= 4 is 17.5 Å². The van der Waals surface area contributed by atoms with Gasteiger partial charge in [-0.3, -0.25) is 0 Å². The highest BCUT2D eigenvalue weighted by Gasteiger charge is 2.52. The summed E-state index contributed by atoms with van der Waals surface area (Å²) in [7, 11) is -5.09. The molecule has 0 radical (unpaired) electrons. The Morgan fingerprint density at radius 1 is 1.26 bits per heavy atom. The first-order valence-corrected chi connectivity index (χ1v) is 7.61. The van der Waals surface area contributed by atoms with Crippen LogP contribution in [0.3, 0.4) is 0 Å². The molecule has 0 aromatic carbocycles. The fraction of sp³-hybridized carbons (Fsp3) is 0.818. The fourth-order valence-electron chi connectivity index (χ4n) is 2.07. The summed E-state index contributed by atoms with van der Waals surface area (Å²) >= 11 is 0. The molecule has 0 unspecified atom stereocenters. The summed E-state index contributed by atoms with van der Waals surface area (Å²) in [5.74, 6) is 0. The third-order valence-corrected chi connectivity index (χ3v) is 5.02. The van der Waals surface area contributed by atoms with Crippen LogP contribution in [0.25, 0.3) is 0 Å². The second-order valence-electron chi connectivity index (χ2n) is 5.92. The standard InChI is InChI=1S/C11H19BFNO4S/c1-10(2)11(3,4)18-12(17-10)9-5-7-14(8-6-9)19(13,15)16/h5H,6-8H2,1-4H3. The Morgan fingerprint density at radius 2 is 1.79 bits per heavy atom. The SMILES string of the molecule is CC1(C)OB(C2=CCN(S(=O)(=O)F)CC2)OC1(C)C. The lowest BCUT2D eigenvalue weighted by molar-refractivity contribution is 0.00578. The van der Waals surface area contributed by atoms with E-state index in [0.717, 1.165) is 9.78 Å². The normalized spacial score (nSPS) is 27.4. The Balaban J connectivity index is 2.09. The molecule has 0 atom stereocenters. The van der Waals surface area contributed by atoms with E-state index in [-0.39, 0.29) is 13.1 Å². The van der Waals surface area contributed by atoms with Crippen LogP contribution in [0.1, 0.15) is 34.1 Å². The molecule has 1 fully saturated rings. The van der Waals surface area contributed by atoms with E-state index in [0.29, 0.717) is 6.42 Å². The van der Waals surface area contributed by atoms with Crippen LogP contribution in [-0.2, 0) is 19.7 Å². The maximum Gasteiger partial charge on any atom is 0.490 e. The minimum Gasteiger partial charge on any atom is -0.400 e. The maximum absolute atomic E-state index is 12.8. The molecule has 0 aromatic rings. The molecule has 2 heterocycles. The predicted octanol–water partition coefficient (Wildman–Crippen LogP) is 1.46. The monoisotopic (exact) mass is 291 g/mol. The van der Waals surface area contributed by atoms with Crippen molar-refractivity contribution in [2.75, 3.05) is 13.1 Å². The van der Waals surface area contributed by atoms with Crippen molar-refractivity contribution in [3.8, 4) is 0 Å². The quantitative estimate of drug-likeness (QED) is 0.571. The average Bonchev–Trinajstić information content (AvgIpc) is 2.47. The van der Waals surface area contributed by atoms with Crippen LogP contribution in [0.15, 0.2) is 11.5 Å². The zero-order chi connectivity index (χ0) is 14.5. The molecule has 2 aliphatic heterocycles. The number of hydrogen-bond donors (Lipinski definition) is 0. The van der Waals surface area contributed by atoms with Crippen molar-refractivity contribution in [3.63, 3.8) is 0 Å². The van der Waals surface area contributed by atoms with Gasteiger partial charge in [0.15, 0.2) is 0 Å². The molecule has 5 nitrogen and oxygen atoms in total. The summed E-state index contributed by atoms with van der Waals surface area (Å²) in [6.07, 6.45) is 2.09. The van der Waals surface area contributed by atoms with Gasteiger partial charge in [0.1, 0.15) is 0 Å². The molecule has 2 rings (SSSR count). The van der Waals surface area contributed by atoms with Gasteiger partial charge in [0.05, 0.1) is 11.2 Å². The molecule has 0 aromatic heterocycles. The Hall–Kier alpha value is -0.435. The third-order valence-electron chi connectivity index (χ3n) is 4.07. The van der Waals surface area contributed by atoms with E-state index in [4.69, 9.17) is 9.31 Å². The molecule has 19 heavy (non-hydrogen) atoms. The Kier molecular flexibility index (Phi) is 3.58. The third kappa shape index (κ3) is 2.86. The molecular formula is C11H19BFNO4S. The zero-order valence-corrected chi connectivity index (χ0v) is 12.5. The van der Waals surface area contributed by atoms with Crippen LogP contribution in [0, 0.1) is 0 Å². The summed E-state index contributed by atoms with van der Waals surface area (Å²) in [4.78, 5) is 0. The molecule has 0 spiro atoms. The number of rotatable bonds is 2. The minimum atomic E-state index is -4.61. The molecule has 108 valence electrons. The van der Waals surface area contributed by atoms with Crippen LogP contribution < -0.4 is 0 Å². The van der Waals surface area contributed by atoms with Gasteiger partial charge in [0.25, 0.3) is 0 Å². The highest BCUT2D eigenvalue weighted by Crippen LogP contribution is 2.39. The first-order valence-electron chi connectivity index (χ1n) is 6.27. The Bertz CT molecular complexity index is 487. The van der Waals surface area contributed by atoms with Gasteiger partial charge >= 0.3 is 17.5 Å². The van der Waals surface area contributed by atoms with Gasteiger partial charge in [-0.05, 0) is 39.6 Å². The molecule has 2 aliphatic rings. The van der Waals surface area contributed by atoms with E-state index in [1.165, 1.54) is 0 Å². The van der Waals surface area contributed by atoms with Crippen LogP contribution in [0.2, 0.25) is 0 Å². The average molecular weight is 291 g/mol. The van der Waals surface area contributed by atoms with E-state index in [1.807, 2.05) is 27.7 Å². The van der Waals surface area contributed by atoms with E-state index >= 15 is 0 Å². The largest absolute Gasteiger partial charge is 0.490 e. The zero-order valence-electron chi connectivity index (χ0n) is 11.6. The second-order valence-corrected chi connectivity index (χ2v) is 7.26. The molecule has 0 saturated carbocycles. The second kappa shape index (κ2) is 4.54. The van der Waals surface area contributed by atoms with Crippen molar-refractivity contribution in [3.05, 3.63) is 11.5 Å². The summed E-state index contributed by atoms with van der Waals surface area (Å²) in [6, 6.07) is 0. The lowest BCUT2D eigenvalue weighted by Gasteiger charge is -2.32. The van der Waals surface area contributed by atoms with Gasteiger partial charge < -0.3 is 9.31 Å². The van der Waals surface area contributed by atoms with Crippen LogP contribution >= 0.6 is 0 Å². The first kappa shape index (κ1) is 15.0. The van der Waals surface area contributed by atoms with E-state index in [2.05, 4.69) is 0 Å². The molecule has 1 saturated heterocycles. The van der Waals surface area contributed by atoms with Gasteiger partial charge in [-0.2, -0.15) is 12.7 Å². The predicted molar refractivity (Wildman–Crippen MR) is 70.4 cm³/mol. The number of hydrogen-bond acceptors (Lipinski definition) is 4. The molecule has 0 bridgehead atoms. The maximum atomic E-state index is 12.8. The highest BCUT2D eigenvalue weighted by atomic mass is 32.3. The van der Waals surface area contributed by atoms with Gasteiger partial charge in [-0.15, -0.1) is 0 Å². The molecule has 8 heteroatoms. The summed E-state index contributed by atoms with van der Waals surface area (Å²) in [5, 5.41) is 0. The first-order chi connectivity index (χ1) is 8.53. The van der Waals surface area contributed by atoms with E-state index < -0.39 is 28.7 Å². The van der Waals surface area contributed by atoms with Crippen LogP contribution in [-0.4, -0.2) is 44.1 Å². The fourth-order valence-corrected chi connectivity index (χ4v) is 2.63. The van der Waals surface area contributed by atoms with Gasteiger partial charge in [-0.1, -0.05) is 9.96 Å². The summed E-state index contributed by atoms with van der Waals surface area (Å²) < 4.78 is 46.9. The minimum absolute atomic E-state index is 0.0260. The van der Waals surface area contributed by atoms with Crippen molar-refractivity contribution < 1.29 is 21.6 Å². The van der Waals surface area contributed by atoms with Crippen LogP contribution in [0.5, 0.6) is 0 Å². The molecular weight excluding hydrogens is 272 g/mol. The molecule has 0 aliphatic carbocycles. The Labute approximate surface area is 114 Å². The van der Waals surface area contributed by atoms with Crippen molar-refractivity contribution in [1.82, 2.24) is 4.31 Å². The number of halogens is 1. The van der Waals surface area contributed by atoms with Crippen molar-refractivity contribution in [2.45, 2.75) is 45.3 Å². The van der Waals surface area contributed by atoms with E-state index in [9.17, 15) is 12.3 Å². The summed E-state index contributed by atoms with van der Waals surface area (Å²) in [5.41, 5.74) is 0.0161. The topological polar surface area (TPSA) is 55.8 Å². The lowest BCUT2D eigenvalue weighted by atomic mass is 9.75. The van der Waals surface area contributed by atoms with Crippen LogP contribution in [0.4, 0.5) is 3.89 Å². The molecule has 0 N–H and O–H groups in total. The molecule has 0 amide bonds. The van der Waals surface area contributed by atoms with Gasteiger partial charge in [0, 0.05) is 13.1 Å². The highest BCUT2D eigenvalue weighted by molar-refractivity contribution is 7.83. The van der Waals surface area contributed by atoms with Gasteiger partial charge in [-0.25, -0.2) is 0 Å². The lowest BCUT2D eigenvalue weighted by Crippen LogP contribution is -2.41. The summed E-state index contributed by atoms with van der Waals surface area (Å²) in [6.45, 7) is 7.96. The number of nitrogens with zero attached hydrogens (tertiary/aromatic N) is 1. The smallest absolute Gasteiger partial charge is 0.400 e. The Morgan fingerprint density at radius 3 is 2.16 bits per heavy atom. The van der Waals surface area contributed by atoms with Gasteiger partial charge in [0.2, 0.25) is 0 Å². The van der Waals surface area contributed by atoms with E-state index in [1.54, 1.807) is 6.08 Å². The van der Waals surface area contributed by atoms with Crippen molar-refractivity contribution in [2.24, 2.45) is 0 Å². The van der Waals surface area contributed by atoms with Crippen molar-refractivity contribution in [1.29, 1.82) is 0 Å².